The standard InChI is InChI=1S/C25H25FN4O2/c1-17-21-13-27-30(16-23(31)28(3)14-19-9-5-4-6-10-19)25(32)24(21)18(2)29(17)15-20-11-7-8-12-22(20)26/h4-13H,14-16H2,1-3H3. The van der Waals surface area contributed by atoms with E-state index in [9.17, 15) is 14.0 Å². The van der Waals surface area contributed by atoms with Crippen LogP contribution in [-0.2, 0) is 24.4 Å². The summed E-state index contributed by atoms with van der Waals surface area (Å²) in [4.78, 5) is 27.5. The highest BCUT2D eigenvalue weighted by atomic mass is 19.1. The summed E-state index contributed by atoms with van der Waals surface area (Å²) in [6.07, 6.45) is 1.61. The van der Waals surface area contributed by atoms with Gasteiger partial charge in [0.05, 0.1) is 18.1 Å². The molecule has 0 fully saturated rings. The lowest BCUT2D eigenvalue weighted by atomic mass is 10.2. The molecular weight excluding hydrogens is 407 g/mol. The summed E-state index contributed by atoms with van der Waals surface area (Å²) in [7, 11) is 1.71. The van der Waals surface area contributed by atoms with Crippen molar-refractivity contribution in [3.8, 4) is 0 Å². The quantitative estimate of drug-likeness (QED) is 0.467. The fourth-order valence-corrected chi connectivity index (χ4v) is 3.99. The Morgan fingerprint density at radius 1 is 1.03 bits per heavy atom. The Labute approximate surface area is 185 Å². The number of hydrogen-bond acceptors (Lipinski definition) is 3. The summed E-state index contributed by atoms with van der Waals surface area (Å²) in [5.41, 5.74) is 2.80. The first-order valence-electron chi connectivity index (χ1n) is 10.4. The number of halogens is 1. The van der Waals surface area contributed by atoms with Crippen LogP contribution in [0.5, 0.6) is 0 Å². The minimum absolute atomic E-state index is 0.144. The number of nitrogens with zero attached hydrogens (tertiary/aromatic N) is 4. The highest BCUT2D eigenvalue weighted by Crippen LogP contribution is 2.23. The van der Waals surface area contributed by atoms with Gasteiger partial charge < -0.3 is 9.47 Å². The Bertz CT molecular complexity index is 1340. The van der Waals surface area contributed by atoms with Crippen molar-refractivity contribution in [2.75, 3.05) is 7.05 Å². The first-order valence-corrected chi connectivity index (χ1v) is 10.4. The van der Waals surface area contributed by atoms with Crippen molar-refractivity contribution < 1.29 is 9.18 Å². The van der Waals surface area contributed by atoms with Crippen LogP contribution in [0.4, 0.5) is 4.39 Å². The van der Waals surface area contributed by atoms with Crippen LogP contribution in [0.1, 0.15) is 22.5 Å². The topological polar surface area (TPSA) is 60.1 Å². The molecule has 32 heavy (non-hydrogen) atoms. The minimum Gasteiger partial charge on any atom is -0.343 e. The molecule has 2 aromatic heterocycles. The molecule has 2 heterocycles. The molecule has 0 atom stereocenters. The van der Waals surface area contributed by atoms with Crippen molar-refractivity contribution in [3.63, 3.8) is 0 Å². The van der Waals surface area contributed by atoms with Crippen molar-refractivity contribution in [1.29, 1.82) is 0 Å². The molecule has 0 unspecified atom stereocenters. The molecule has 0 radical (unpaired) electrons. The number of rotatable bonds is 6. The van der Waals surface area contributed by atoms with Crippen LogP contribution in [-0.4, -0.2) is 32.2 Å². The predicted octanol–water partition coefficient (Wildman–Crippen LogP) is 3.66. The van der Waals surface area contributed by atoms with Gasteiger partial charge in [-0.25, -0.2) is 9.07 Å². The first kappa shape index (κ1) is 21.5. The van der Waals surface area contributed by atoms with Crippen LogP contribution in [0.15, 0.2) is 65.6 Å². The van der Waals surface area contributed by atoms with Gasteiger partial charge in [0.1, 0.15) is 12.4 Å². The maximum Gasteiger partial charge on any atom is 0.276 e. The van der Waals surface area contributed by atoms with E-state index in [0.29, 0.717) is 29.4 Å². The molecule has 0 aliphatic carbocycles. The maximum atomic E-state index is 14.2. The Hall–Kier alpha value is -3.74. The fourth-order valence-electron chi connectivity index (χ4n) is 3.99. The third-order valence-corrected chi connectivity index (χ3v) is 5.86. The molecule has 1 amide bonds. The number of likely N-dealkylation sites (N-methyl/N-ethyl adjacent to an activating group) is 1. The molecule has 4 aromatic rings. The highest BCUT2D eigenvalue weighted by molar-refractivity contribution is 5.87. The molecule has 4 rings (SSSR count). The van der Waals surface area contributed by atoms with Gasteiger partial charge in [0, 0.05) is 35.9 Å². The van der Waals surface area contributed by atoms with Crippen LogP contribution < -0.4 is 5.56 Å². The number of carbonyl (C=O) groups excluding carboxylic acids is 1. The molecule has 0 N–H and O–H groups in total. The highest BCUT2D eigenvalue weighted by Gasteiger charge is 2.19. The number of hydrogen-bond donors (Lipinski definition) is 0. The Morgan fingerprint density at radius 3 is 2.44 bits per heavy atom. The van der Waals surface area contributed by atoms with E-state index in [-0.39, 0.29) is 23.8 Å². The lowest BCUT2D eigenvalue weighted by Crippen LogP contribution is -2.34. The first-order chi connectivity index (χ1) is 15.4. The zero-order valence-electron chi connectivity index (χ0n) is 18.4. The maximum absolute atomic E-state index is 14.2. The predicted molar refractivity (Wildman–Crippen MR) is 122 cm³/mol. The average molecular weight is 432 g/mol. The normalized spacial score (nSPS) is 11.1. The second-order valence-corrected chi connectivity index (χ2v) is 7.98. The van der Waals surface area contributed by atoms with E-state index in [1.165, 1.54) is 10.7 Å². The van der Waals surface area contributed by atoms with Crippen molar-refractivity contribution in [2.45, 2.75) is 33.5 Å². The van der Waals surface area contributed by atoms with E-state index in [1.54, 1.807) is 36.3 Å². The largest absolute Gasteiger partial charge is 0.343 e. The molecule has 0 saturated carbocycles. The Balaban J connectivity index is 1.62. The average Bonchev–Trinajstić information content (AvgIpc) is 3.02. The van der Waals surface area contributed by atoms with Crippen LogP contribution in [0.2, 0.25) is 0 Å². The Morgan fingerprint density at radius 2 is 1.72 bits per heavy atom. The van der Waals surface area contributed by atoms with Gasteiger partial charge in [-0.3, -0.25) is 9.59 Å². The van der Waals surface area contributed by atoms with Gasteiger partial charge in [-0.05, 0) is 25.5 Å². The van der Waals surface area contributed by atoms with Crippen molar-refractivity contribution in [1.82, 2.24) is 19.2 Å². The van der Waals surface area contributed by atoms with Crippen molar-refractivity contribution >= 4 is 16.7 Å². The van der Waals surface area contributed by atoms with E-state index < -0.39 is 0 Å². The van der Waals surface area contributed by atoms with Gasteiger partial charge in [0.2, 0.25) is 5.91 Å². The number of amides is 1. The van der Waals surface area contributed by atoms with E-state index >= 15 is 0 Å². The van der Waals surface area contributed by atoms with Gasteiger partial charge in [0.15, 0.2) is 0 Å². The monoisotopic (exact) mass is 432 g/mol. The zero-order valence-corrected chi connectivity index (χ0v) is 18.4. The molecule has 0 saturated heterocycles. The van der Waals surface area contributed by atoms with E-state index in [4.69, 9.17) is 0 Å². The summed E-state index contributed by atoms with van der Waals surface area (Å²) in [6.45, 7) is 4.35. The van der Waals surface area contributed by atoms with Crippen molar-refractivity contribution in [3.05, 3.63) is 99.5 Å². The number of fused-ring (bicyclic) bond motifs is 1. The van der Waals surface area contributed by atoms with E-state index in [0.717, 1.165) is 17.0 Å². The fraction of sp³-hybridized carbons (Fsp3) is 0.240. The molecule has 2 aromatic carbocycles. The smallest absolute Gasteiger partial charge is 0.276 e. The van der Waals surface area contributed by atoms with Gasteiger partial charge in [-0.2, -0.15) is 5.10 Å². The second-order valence-electron chi connectivity index (χ2n) is 7.98. The molecule has 164 valence electrons. The number of carbonyl (C=O) groups is 1. The van der Waals surface area contributed by atoms with Gasteiger partial charge in [-0.1, -0.05) is 48.5 Å². The van der Waals surface area contributed by atoms with Crippen LogP contribution >= 0.6 is 0 Å². The molecule has 7 heteroatoms. The molecule has 0 aliphatic heterocycles. The summed E-state index contributed by atoms with van der Waals surface area (Å²) in [6, 6.07) is 16.3. The summed E-state index contributed by atoms with van der Waals surface area (Å²) >= 11 is 0. The Kier molecular flexibility index (Phi) is 5.90. The van der Waals surface area contributed by atoms with Crippen molar-refractivity contribution in [2.24, 2.45) is 0 Å². The van der Waals surface area contributed by atoms with Gasteiger partial charge in [-0.15, -0.1) is 0 Å². The summed E-state index contributed by atoms with van der Waals surface area (Å²) < 4.78 is 17.3. The van der Waals surface area contributed by atoms with Gasteiger partial charge >= 0.3 is 0 Å². The number of aryl methyl sites for hydroxylation is 2. The zero-order chi connectivity index (χ0) is 22.8. The third kappa shape index (κ3) is 4.06. The number of benzene rings is 2. The van der Waals surface area contributed by atoms with Crippen LogP contribution in [0, 0.1) is 19.7 Å². The lowest BCUT2D eigenvalue weighted by molar-refractivity contribution is -0.131. The lowest BCUT2D eigenvalue weighted by Gasteiger charge is -2.17. The van der Waals surface area contributed by atoms with Crippen LogP contribution in [0.25, 0.3) is 10.8 Å². The van der Waals surface area contributed by atoms with E-state index in [2.05, 4.69) is 5.10 Å². The summed E-state index contributed by atoms with van der Waals surface area (Å²) in [5, 5.41) is 5.46. The number of aromatic nitrogens is 3. The van der Waals surface area contributed by atoms with Crippen LogP contribution in [0.3, 0.4) is 0 Å². The molecule has 6 nitrogen and oxygen atoms in total. The molecule has 0 spiro atoms. The summed E-state index contributed by atoms with van der Waals surface area (Å²) in [5.74, 6) is -0.491. The second kappa shape index (κ2) is 8.78. The minimum atomic E-state index is -0.322. The molecule has 0 bridgehead atoms. The molecule has 0 aliphatic rings. The van der Waals surface area contributed by atoms with Gasteiger partial charge in [0.25, 0.3) is 5.56 Å². The molecular formula is C25H25FN4O2. The third-order valence-electron chi connectivity index (χ3n) is 5.86. The SMILES string of the molecule is Cc1c2cnn(CC(=O)N(C)Cc3ccccc3)c(=O)c2c(C)n1Cc1ccccc1F. The van der Waals surface area contributed by atoms with E-state index in [1.807, 2.05) is 48.7 Å².